The summed E-state index contributed by atoms with van der Waals surface area (Å²) in [4.78, 5) is 11.6. The molecule has 0 atom stereocenters. The standard InChI is InChI=1S/C12H10BrNO5S2/c1-6-9(5-10(13)20-6)21(18,19)14-8-4-2-3-7(11(8)15)12(16)17/h2-5,14-15H,1H3,(H,16,17). The van der Waals surface area contributed by atoms with Gasteiger partial charge in [0.25, 0.3) is 10.0 Å². The van der Waals surface area contributed by atoms with Crippen LogP contribution in [0.1, 0.15) is 15.2 Å². The number of para-hydroxylation sites is 1. The van der Waals surface area contributed by atoms with E-state index in [4.69, 9.17) is 5.11 Å². The van der Waals surface area contributed by atoms with Gasteiger partial charge in [0.1, 0.15) is 10.5 Å². The number of thiophene rings is 1. The van der Waals surface area contributed by atoms with Crippen LogP contribution in [0.15, 0.2) is 32.9 Å². The molecule has 9 heteroatoms. The number of aryl methyl sites for hydroxylation is 1. The number of aromatic carboxylic acids is 1. The Bertz CT molecular complexity index is 813. The van der Waals surface area contributed by atoms with Crippen molar-refractivity contribution in [1.82, 2.24) is 0 Å². The number of anilines is 1. The Kier molecular flexibility index (Phi) is 4.26. The van der Waals surface area contributed by atoms with Crippen molar-refractivity contribution >= 4 is 48.9 Å². The largest absolute Gasteiger partial charge is 0.505 e. The summed E-state index contributed by atoms with van der Waals surface area (Å²) >= 11 is 4.46. The molecule has 2 aromatic rings. The molecule has 0 aliphatic carbocycles. The third kappa shape index (κ3) is 3.20. The number of hydrogen-bond donors (Lipinski definition) is 3. The van der Waals surface area contributed by atoms with Crippen molar-refractivity contribution in [1.29, 1.82) is 0 Å². The summed E-state index contributed by atoms with van der Waals surface area (Å²) < 4.78 is 27.4. The van der Waals surface area contributed by atoms with Crippen LogP contribution in [-0.4, -0.2) is 24.6 Å². The Morgan fingerprint density at radius 3 is 2.57 bits per heavy atom. The minimum Gasteiger partial charge on any atom is -0.505 e. The number of benzene rings is 1. The topological polar surface area (TPSA) is 104 Å². The minimum atomic E-state index is -3.91. The molecule has 0 bridgehead atoms. The molecule has 0 aliphatic rings. The van der Waals surface area contributed by atoms with Crippen LogP contribution in [0.3, 0.4) is 0 Å². The van der Waals surface area contributed by atoms with Crippen LogP contribution in [0.4, 0.5) is 5.69 Å². The zero-order valence-corrected chi connectivity index (χ0v) is 13.8. The predicted molar refractivity (Wildman–Crippen MR) is 82.6 cm³/mol. The molecular formula is C12H10BrNO5S2. The third-order valence-corrected chi connectivity index (χ3v) is 5.82. The molecule has 6 nitrogen and oxygen atoms in total. The van der Waals surface area contributed by atoms with Crippen molar-refractivity contribution in [2.24, 2.45) is 0 Å². The molecule has 1 heterocycles. The first-order chi connectivity index (χ1) is 9.72. The third-order valence-electron chi connectivity index (χ3n) is 2.64. The maximum absolute atomic E-state index is 12.3. The first-order valence-electron chi connectivity index (χ1n) is 5.56. The lowest BCUT2D eigenvalue weighted by Crippen LogP contribution is -2.14. The summed E-state index contributed by atoms with van der Waals surface area (Å²) in [6, 6.07) is 5.26. The normalized spacial score (nSPS) is 11.3. The number of rotatable bonds is 4. The first kappa shape index (κ1) is 15.8. The van der Waals surface area contributed by atoms with E-state index in [0.717, 1.165) is 0 Å². The molecule has 0 aliphatic heterocycles. The number of halogens is 1. The fourth-order valence-corrected chi connectivity index (χ4v) is 5.18. The molecule has 0 amide bonds. The number of sulfonamides is 1. The number of carboxylic acids is 1. The first-order valence-corrected chi connectivity index (χ1v) is 8.65. The van der Waals surface area contributed by atoms with E-state index in [9.17, 15) is 18.3 Å². The number of carbonyl (C=O) groups is 1. The minimum absolute atomic E-state index is 0.0690. The van der Waals surface area contributed by atoms with E-state index in [1.54, 1.807) is 6.92 Å². The lowest BCUT2D eigenvalue weighted by molar-refractivity contribution is 0.0694. The SMILES string of the molecule is Cc1sc(Br)cc1S(=O)(=O)Nc1cccc(C(=O)O)c1O. The van der Waals surface area contributed by atoms with Crippen molar-refractivity contribution in [3.8, 4) is 5.75 Å². The molecule has 0 spiro atoms. The highest BCUT2D eigenvalue weighted by molar-refractivity contribution is 9.11. The molecule has 0 saturated heterocycles. The summed E-state index contributed by atoms with van der Waals surface area (Å²) in [6.45, 7) is 1.65. The predicted octanol–water partition coefficient (Wildman–Crippen LogP) is 3.02. The van der Waals surface area contributed by atoms with Gasteiger partial charge in [-0.05, 0) is 41.1 Å². The Hall–Kier alpha value is -1.58. The molecule has 0 fully saturated rings. The van der Waals surface area contributed by atoms with Crippen LogP contribution in [0, 0.1) is 6.92 Å². The molecule has 2 rings (SSSR count). The summed E-state index contributed by atoms with van der Waals surface area (Å²) in [7, 11) is -3.91. The average molecular weight is 392 g/mol. The van der Waals surface area contributed by atoms with E-state index < -0.39 is 21.7 Å². The average Bonchev–Trinajstić information content (AvgIpc) is 2.71. The smallest absolute Gasteiger partial charge is 0.339 e. The fraction of sp³-hybridized carbons (Fsp3) is 0.0833. The van der Waals surface area contributed by atoms with Gasteiger partial charge in [0, 0.05) is 4.88 Å². The van der Waals surface area contributed by atoms with E-state index >= 15 is 0 Å². The highest BCUT2D eigenvalue weighted by Gasteiger charge is 2.22. The van der Waals surface area contributed by atoms with Gasteiger partial charge in [-0.3, -0.25) is 4.72 Å². The molecule has 1 aromatic heterocycles. The maximum Gasteiger partial charge on any atom is 0.339 e. The lowest BCUT2D eigenvalue weighted by atomic mass is 10.2. The van der Waals surface area contributed by atoms with Crippen molar-refractivity contribution < 1.29 is 23.4 Å². The van der Waals surface area contributed by atoms with E-state index in [2.05, 4.69) is 20.7 Å². The van der Waals surface area contributed by atoms with Crippen LogP contribution in [-0.2, 0) is 10.0 Å². The maximum atomic E-state index is 12.3. The second-order valence-corrected chi connectivity index (χ2v) is 8.37. The van der Waals surface area contributed by atoms with Crippen LogP contribution < -0.4 is 4.72 Å². The van der Waals surface area contributed by atoms with Crippen LogP contribution >= 0.6 is 27.3 Å². The van der Waals surface area contributed by atoms with Crippen LogP contribution in [0.2, 0.25) is 0 Å². The number of carboxylic acid groups (broad SMARTS) is 1. The number of nitrogens with one attached hydrogen (secondary N) is 1. The highest BCUT2D eigenvalue weighted by Crippen LogP contribution is 2.33. The van der Waals surface area contributed by atoms with E-state index in [1.807, 2.05) is 0 Å². The van der Waals surface area contributed by atoms with Gasteiger partial charge in [-0.15, -0.1) is 11.3 Å². The molecular weight excluding hydrogens is 382 g/mol. The monoisotopic (exact) mass is 391 g/mol. The van der Waals surface area contributed by atoms with Crippen LogP contribution in [0.5, 0.6) is 5.75 Å². The fourth-order valence-electron chi connectivity index (χ4n) is 1.70. The molecule has 112 valence electrons. The summed E-state index contributed by atoms with van der Waals surface area (Å²) in [5.41, 5.74) is -0.560. The molecule has 1 aromatic carbocycles. The van der Waals surface area contributed by atoms with Gasteiger partial charge in [0.05, 0.1) is 9.47 Å². The number of hydrogen-bond acceptors (Lipinski definition) is 5. The van der Waals surface area contributed by atoms with Gasteiger partial charge in [0.15, 0.2) is 5.75 Å². The molecule has 0 saturated carbocycles. The zero-order valence-electron chi connectivity index (χ0n) is 10.6. The Morgan fingerprint density at radius 1 is 1.38 bits per heavy atom. The lowest BCUT2D eigenvalue weighted by Gasteiger charge is -2.10. The van der Waals surface area contributed by atoms with Gasteiger partial charge in [-0.2, -0.15) is 0 Å². The second-order valence-electron chi connectivity index (χ2n) is 4.08. The van der Waals surface area contributed by atoms with Crippen molar-refractivity contribution in [2.75, 3.05) is 4.72 Å². The number of phenols is 1. The van der Waals surface area contributed by atoms with Crippen molar-refractivity contribution in [3.63, 3.8) is 0 Å². The van der Waals surface area contributed by atoms with Crippen molar-refractivity contribution in [3.05, 3.63) is 38.5 Å². The van der Waals surface area contributed by atoms with Gasteiger partial charge in [-0.25, -0.2) is 13.2 Å². The zero-order chi connectivity index (χ0) is 15.8. The van der Waals surface area contributed by atoms with Gasteiger partial charge in [0.2, 0.25) is 0 Å². The number of aromatic hydroxyl groups is 1. The Labute approximate surface area is 133 Å². The summed E-state index contributed by atoms with van der Waals surface area (Å²) in [5, 5.41) is 18.7. The summed E-state index contributed by atoms with van der Waals surface area (Å²) in [6.07, 6.45) is 0. The molecule has 0 unspecified atom stereocenters. The molecule has 0 radical (unpaired) electrons. The molecule has 3 N–H and O–H groups in total. The van der Waals surface area contributed by atoms with Crippen molar-refractivity contribution in [2.45, 2.75) is 11.8 Å². The Morgan fingerprint density at radius 2 is 2.05 bits per heavy atom. The van der Waals surface area contributed by atoms with Crippen LogP contribution in [0.25, 0.3) is 0 Å². The van der Waals surface area contributed by atoms with E-state index in [1.165, 1.54) is 35.6 Å². The molecule has 21 heavy (non-hydrogen) atoms. The van der Waals surface area contributed by atoms with Gasteiger partial charge >= 0.3 is 5.97 Å². The van der Waals surface area contributed by atoms with E-state index in [-0.39, 0.29) is 16.1 Å². The second kappa shape index (κ2) is 5.66. The quantitative estimate of drug-likeness (QED) is 0.694. The highest BCUT2D eigenvalue weighted by atomic mass is 79.9. The van der Waals surface area contributed by atoms with E-state index in [0.29, 0.717) is 8.66 Å². The van der Waals surface area contributed by atoms with Gasteiger partial charge in [-0.1, -0.05) is 6.07 Å². The summed E-state index contributed by atoms with van der Waals surface area (Å²) in [5.74, 6) is -1.97. The van der Waals surface area contributed by atoms with Gasteiger partial charge < -0.3 is 10.2 Å². The Balaban J connectivity index is 2.45.